The third-order valence-electron chi connectivity index (χ3n) is 2.47. The van der Waals surface area contributed by atoms with Crippen LogP contribution in [0.1, 0.15) is 17.5 Å². The Balaban J connectivity index is 2.66. The van der Waals surface area contributed by atoms with Crippen LogP contribution in [0.15, 0.2) is 18.2 Å². The molecule has 0 amide bonds. The summed E-state index contributed by atoms with van der Waals surface area (Å²) < 4.78 is 5.47. The maximum absolute atomic E-state index is 8.86. The Morgan fingerprint density at radius 2 is 2.33 bits per heavy atom. The van der Waals surface area contributed by atoms with E-state index in [1.54, 1.807) is 12.1 Å². The first-order valence-electron chi connectivity index (χ1n) is 5.98. The number of hydrogen-bond acceptors (Lipinski definition) is 4. The van der Waals surface area contributed by atoms with Gasteiger partial charge in [-0.1, -0.05) is 14.8 Å². The van der Waals surface area contributed by atoms with Crippen LogP contribution < -0.4 is 9.82 Å². The molecule has 2 N–H and O–H groups in total. The molecular weight excluding hydrogens is 247 g/mol. The summed E-state index contributed by atoms with van der Waals surface area (Å²) in [5, 5.41) is 21.0. The van der Waals surface area contributed by atoms with Gasteiger partial charge >= 0.3 is 0 Å². The van der Waals surface area contributed by atoms with Gasteiger partial charge in [0.05, 0.1) is 18.2 Å². The van der Waals surface area contributed by atoms with Crippen LogP contribution in [-0.4, -0.2) is 31.5 Å². The number of nitriles is 1. The number of aliphatic hydroxyl groups is 1. The first-order chi connectivity index (χ1) is 8.81. The van der Waals surface area contributed by atoms with Crippen molar-refractivity contribution < 1.29 is 9.84 Å². The van der Waals surface area contributed by atoms with E-state index in [2.05, 4.69) is 17.8 Å². The first kappa shape index (κ1) is 14.9. The molecule has 0 aliphatic heterocycles. The van der Waals surface area contributed by atoms with Crippen molar-refractivity contribution in [2.45, 2.75) is 12.8 Å². The van der Waals surface area contributed by atoms with E-state index in [9.17, 15) is 0 Å². The molecule has 1 atom stereocenters. The van der Waals surface area contributed by atoms with Crippen molar-refractivity contribution in [3.8, 4) is 11.8 Å². The Bertz CT molecular complexity index is 404. The zero-order chi connectivity index (χ0) is 13.2. The average molecular weight is 266 g/mol. The SMILES string of the molecule is CPNCCCc1ccc(C#N)cc1OCCO. The van der Waals surface area contributed by atoms with Gasteiger partial charge in [-0.05, 0) is 43.7 Å². The molecule has 98 valence electrons. The molecule has 0 aliphatic carbocycles. The smallest absolute Gasteiger partial charge is 0.123 e. The van der Waals surface area contributed by atoms with Gasteiger partial charge < -0.3 is 9.84 Å². The highest BCUT2D eigenvalue weighted by atomic mass is 31.1. The van der Waals surface area contributed by atoms with Gasteiger partial charge in [0.15, 0.2) is 0 Å². The highest BCUT2D eigenvalue weighted by molar-refractivity contribution is 7.34. The molecule has 0 saturated heterocycles. The number of nitrogens with one attached hydrogen (secondary N) is 1. The van der Waals surface area contributed by atoms with Gasteiger partial charge in [-0.25, -0.2) is 0 Å². The van der Waals surface area contributed by atoms with Crippen molar-refractivity contribution in [3.05, 3.63) is 29.3 Å². The highest BCUT2D eigenvalue weighted by Gasteiger charge is 2.05. The van der Waals surface area contributed by atoms with Crippen LogP contribution in [0.5, 0.6) is 5.75 Å². The number of nitrogens with zero attached hydrogens (tertiary/aromatic N) is 1. The number of hydrogen-bond donors (Lipinski definition) is 2. The summed E-state index contributed by atoms with van der Waals surface area (Å²) in [6.45, 7) is 3.33. The summed E-state index contributed by atoms with van der Waals surface area (Å²) in [7, 11) is 0.763. The molecule has 0 bridgehead atoms. The fraction of sp³-hybridized carbons (Fsp3) is 0.462. The molecule has 1 aromatic rings. The molecule has 4 nitrogen and oxygen atoms in total. The number of ether oxygens (including phenoxy) is 1. The van der Waals surface area contributed by atoms with E-state index in [1.165, 1.54) is 0 Å². The lowest BCUT2D eigenvalue weighted by molar-refractivity contribution is 0.200. The van der Waals surface area contributed by atoms with Crippen LogP contribution >= 0.6 is 8.73 Å². The van der Waals surface area contributed by atoms with E-state index in [1.807, 2.05) is 6.07 Å². The minimum Gasteiger partial charge on any atom is -0.491 e. The zero-order valence-electron chi connectivity index (χ0n) is 10.6. The molecule has 5 heteroatoms. The van der Waals surface area contributed by atoms with Gasteiger partial charge in [-0.2, -0.15) is 5.26 Å². The van der Waals surface area contributed by atoms with Crippen molar-refractivity contribution >= 4 is 8.73 Å². The van der Waals surface area contributed by atoms with Gasteiger partial charge in [0.2, 0.25) is 0 Å². The van der Waals surface area contributed by atoms with Crippen molar-refractivity contribution in [2.75, 3.05) is 26.4 Å². The molecule has 0 aromatic heterocycles. The summed E-state index contributed by atoms with van der Waals surface area (Å²) in [5.41, 5.74) is 1.67. The minimum atomic E-state index is -0.0191. The van der Waals surface area contributed by atoms with E-state index >= 15 is 0 Å². The van der Waals surface area contributed by atoms with Gasteiger partial charge in [0, 0.05) is 0 Å². The van der Waals surface area contributed by atoms with Crippen LogP contribution in [0.2, 0.25) is 0 Å². The number of rotatable bonds is 8. The number of aliphatic hydroxyl groups excluding tert-OH is 1. The molecule has 1 unspecified atom stereocenters. The van der Waals surface area contributed by atoms with Gasteiger partial charge in [0.25, 0.3) is 0 Å². The maximum Gasteiger partial charge on any atom is 0.123 e. The maximum atomic E-state index is 8.86. The van der Waals surface area contributed by atoms with Gasteiger partial charge in [-0.3, -0.25) is 5.09 Å². The van der Waals surface area contributed by atoms with E-state index in [0.29, 0.717) is 11.3 Å². The van der Waals surface area contributed by atoms with Gasteiger partial charge in [-0.15, -0.1) is 0 Å². The molecule has 18 heavy (non-hydrogen) atoms. The molecule has 0 spiro atoms. The van der Waals surface area contributed by atoms with Crippen LogP contribution in [0.4, 0.5) is 0 Å². The molecule has 1 aromatic carbocycles. The fourth-order valence-corrected chi connectivity index (χ4v) is 2.04. The number of benzene rings is 1. The molecule has 0 fully saturated rings. The summed E-state index contributed by atoms with van der Waals surface area (Å²) in [6.07, 6.45) is 1.94. The third-order valence-corrected chi connectivity index (χ3v) is 3.07. The van der Waals surface area contributed by atoms with Crippen molar-refractivity contribution in [1.29, 1.82) is 5.26 Å². The first-order valence-corrected chi connectivity index (χ1v) is 7.48. The number of aryl methyl sites for hydroxylation is 1. The van der Waals surface area contributed by atoms with Crippen LogP contribution in [0, 0.1) is 11.3 Å². The standard InChI is InChI=1S/C13H19N2O2P/c1-18-15-6-2-3-12-5-4-11(10-14)9-13(12)17-8-7-16/h4-5,9,15-16,18H,2-3,6-8H2,1H3. The monoisotopic (exact) mass is 266 g/mol. The second kappa shape index (κ2) is 8.88. The summed E-state index contributed by atoms with van der Waals surface area (Å²) >= 11 is 0. The predicted octanol–water partition coefficient (Wildman–Crippen LogP) is 1.67. The summed E-state index contributed by atoms with van der Waals surface area (Å²) in [5.74, 6) is 0.710. The van der Waals surface area contributed by atoms with Crippen LogP contribution in [0.25, 0.3) is 0 Å². The van der Waals surface area contributed by atoms with E-state index in [-0.39, 0.29) is 13.2 Å². The molecular formula is C13H19N2O2P. The lowest BCUT2D eigenvalue weighted by Crippen LogP contribution is -2.07. The Hall–Kier alpha value is -1.14. The Kier molecular flexibility index (Phi) is 7.36. The van der Waals surface area contributed by atoms with E-state index < -0.39 is 0 Å². The average Bonchev–Trinajstić information content (AvgIpc) is 2.42. The zero-order valence-corrected chi connectivity index (χ0v) is 11.6. The molecule has 1 rings (SSSR count). The molecule has 0 saturated carbocycles. The van der Waals surface area contributed by atoms with E-state index in [4.69, 9.17) is 15.1 Å². The summed E-state index contributed by atoms with van der Waals surface area (Å²) in [6, 6.07) is 7.56. The summed E-state index contributed by atoms with van der Waals surface area (Å²) in [4.78, 5) is 0. The van der Waals surface area contributed by atoms with E-state index in [0.717, 1.165) is 33.7 Å². The predicted molar refractivity (Wildman–Crippen MR) is 74.3 cm³/mol. The van der Waals surface area contributed by atoms with Gasteiger partial charge in [0.1, 0.15) is 12.4 Å². The van der Waals surface area contributed by atoms with Crippen molar-refractivity contribution in [2.24, 2.45) is 0 Å². The molecule has 0 radical (unpaired) electrons. The minimum absolute atomic E-state index is 0.0191. The Morgan fingerprint density at radius 1 is 1.50 bits per heavy atom. The lowest BCUT2D eigenvalue weighted by Gasteiger charge is -2.11. The second-order valence-electron chi connectivity index (χ2n) is 3.79. The van der Waals surface area contributed by atoms with Crippen LogP contribution in [0.3, 0.4) is 0 Å². The lowest BCUT2D eigenvalue weighted by atomic mass is 10.1. The Labute approximate surface area is 110 Å². The van der Waals surface area contributed by atoms with Crippen molar-refractivity contribution in [3.63, 3.8) is 0 Å². The highest BCUT2D eigenvalue weighted by Crippen LogP contribution is 2.21. The van der Waals surface area contributed by atoms with Crippen molar-refractivity contribution in [1.82, 2.24) is 5.09 Å². The quantitative estimate of drug-likeness (QED) is 0.555. The molecule has 0 heterocycles. The molecule has 0 aliphatic rings. The largest absolute Gasteiger partial charge is 0.491 e. The normalized spacial score (nSPS) is 10.7. The Morgan fingerprint density at radius 3 is 3.00 bits per heavy atom. The fourth-order valence-electron chi connectivity index (χ4n) is 1.61. The third kappa shape index (κ3) is 5.01. The topological polar surface area (TPSA) is 65.3 Å². The van der Waals surface area contributed by atoms with Crippen LogP contribution in [-0.2, 0) is 6.42 Å². The second-order valence-corrected chi connectivity index (χ2v) is 4.64.